The number of amides is 2. The van der Waals surface area contributed by atoms with Gasteiger partial charge in [0.15, 0.2) is 11.5 Å². The highest BCUT2D eigenvalue weighted by Crippen LogP contribution is 2.33. The van der Waals surface area contributed by atoms with E-state index in [4.69, 9.17) is 9.47 Å². The van der Waals surface area contributed by atoms with E-state index in [1.807, 2.05) is 77.1 Å². The molecule has 3 aromatic rings. The van der Waals surface area contributed by atoms with E-state index in [1.165, 1.54) is 4.80 Å². The lowest BCUT2D eigenvalue weighted by molar-refractivity contribution is -0.142. The molecule has 10 nitrogen and oxygen atoms in total. The van der Waals surface area contributed by atoms with E-state index in [0.29, 0.717) is 23.7 Å². The van der Waals surface area contributed by atoms with Gasteiger partial charge in [-0.3, -0.25) is 9.59 Å². The Labute approximate surface area is 210 Å². The van der Waals surface area contributed by atoms with Crippen molar-refractivity contribution in [1.29, 1.82) is 0 Å². The number of fused-ring (bicyclic) bond motifs is 1. The number of nitrogens with zero attached hydrogens (tertiary/aromatic N) is 5. The van der Waals surface area contributed by atoms with Crippen LogP contribution in [0.5, 0.6) is 11.5 Å². The van der Waals surface area contributed by atoms with Crippen molar-refractivity contribution in [3.05, 3.63) is 53.6 Å². The van der Waals surface area contributed by atoms with Crippen LogP contribution in [0.4, 0.5) is 0 Å². The molecule has 4 rings (SSSR count). The number of nitrogens with one attached hydrogen (secondary N) is 1. The SMILES string of the molecule is CC[C@@H](C(=O)NC(C)(C)C)N(Cc1ccc2c(c1)OCO2)C(=O)Cn1nnc(-c2ccc(C)cc2)n1. The average molecular weight is 493 g/mol. The number of benzene rings is 2. The maximum absolute atomic E-state index is 13.6. The lowest BCUT2D eigenvalue weighted by Gasteiger charge is -2.33. The normalized spacial score (nSPS) is 13.4. The summed E-state index contributed by atoms with van der Waals surface area (Å²) >= 11 is 0. The molecule has 0 radical (unpaired) electrons. The van der Waals surface area contributed by atoms with Gasteiger partial charge in [0, 0.05) is 17.6 Å². The van der Waals surface area contributed by atoms with Gasteiger partial charge in [-0.05, 0) is 57.0 Å². The molecule has 1 aliphatic heterocycles. The molecular weight excluding hydrogens is 460 g/mol. The molecule has 2 heterocycles. The number of ether oxygens (including phenoxy) is 2. The number of tetrazole rings is 1. The van der Waals surface area contributed by atoms with E-state index < -0.39 is 11.6 Å². The lowest BCUT2D eigenvalue weighted by Crippen LogP contribution is -2.54. The van der Waals surface area contributed by atoms with Crippen LogP contribution in [0, 0.1) is 6.92 Å². The molecule has 0 saturated heterocycles. The predicted octanol–water partition coefficient (Wildman–Crippen LogP) is 3.10. The third kappa shape index (κ3) is 5.99. The second-order valence-corrected chi connectivity index (χ2v) is 9.88. The molecule has 0 saturated carbocycles. The molecule has 1 aliphatic rings. The Hall–Kier alpha value is -3.95. The van der Waals surface area contributed by atoms with Crippen LogP contribution >= 0.6 is 0 Å². The average Bonchev–Trinajstić information content (AvgIpc) is 3.47. The number of hydrogen-bond donors (Lipinski definition) is 1. The van der Waals surface area contributed by atoms with Gasteiger partial charge in [-0.15, -0.1) is 10.2 Å². The van der Waals surface area contributed by atoms with Gasteiger partial charge in [0.25, 0.3) is 0 Å². The Morgan fingerprint density at radius 1 is 1.11 bits per heavy atom. The fourth-order valence-corrected chi connectivity index (χ4v) is 3.95. The molecule has 1 aromatic heterocycles. The van der Waals surface area contributed by atoms with E-state index in [9.17, 15) is 9.59 Å². The Morgan fingerprint density at radius 3 is 2.53 bits per heavy atom. The van der Waals surface area contributed by atoms with Gasteiger partial charge < -0.3 is 19.7 Å². The molecule has 2 aromatic carbocycles. The first kappa shape index (κ1) is 25.2. The molecule has 10 heteroatoms. The molecular formula is C26H32N6O4. The van der Waals surface area contributed by atoms with Gasteiger partial charge in [0.05, 0.1) is 0 Å². The first-order valence-corrected chi connectivity index (χ1v) is 12.0. The summed E-state index contributed by atoms with van der Waals surface area (Å²) in [4.78, 5) is 29.6. The van der Waals surface area contributed by atoms with Gasteiger partial charge in [0.1, 0.15) is 12.6 Å². The molecule has 0 fully saturated rings. The van der Waals surface area contributed by atoms with Crippen LogP contribution in [0.2, 0.25) is 0 Å². The van der Waals surface area contributed by atoms with Crippen LogP contribution in [-0.4, -0.2) is 55.3 Å². The second kappa shape index (κ2) is 10.3. The topological polar surface area (TPSA) is 111 Å². The van der Waals surface area contributed by atoms with Crippen LogP contribution in [0.15, 0.2) is 42.5 Å². The zero-order valence-electron chi connectivity index (χ0n) is 21.3. The minimum atomic E-state index is -0.678. The van der Waals surface area contributed by atoms with Crippen LogP contribution in [0.25, 0.3) is 11.4 Å². The minimum Gasteiger partial charge on any atom is -0.454 e. The molecule has 0 unspecified atom stereocenters. The quantitative estimate of drug-likeness (QED) is 0.514. The third-order valence-corrected chi connectivity index (χ3v) is 5.71. The van der Waals surface area contributed by atoms with Gasteiger partial charge in [-0.25, -0.2) is 0 Å². The van der Waals surface area contributed by atoms with E-state index in [0.717, 1.165) is 16.7 Å². The Morgan fingerprint density at radius 2 is 1.83 bits per heavy atom. The summed E-state index contributed by atoms with van der Waals surface area (Å²) in [5, 5.41) is 15.6. The smallest absolute Gasteiger partial charge is 0.247 e. The zero-order valence-corrected chi connectivity index (χ0v) is 21.3. The van der Waals surface area contributed by atoms with Crippen molar-refractivity contribution in [2.75, 3.05) is 6.79 Å². The van der Waals surface area contributed by atoms with Crippen LogP contribution in [0.3, 0.4) is 0 Å². The highest BCUT2D eigenvalue weighted by atomic mass is 16.7. The summed E-state index contributed by atoms with van der Waals surface area (Å²) in [5.41, 5.74) is 2.32. The standard InChI is InChI=1S/C26H32N6O4/c1-6-20(25(34)27-26(3,4)5)31(14-18-9-12-21-22(13-18)36-16-35-21)23(33)15-32-29-24(28-30-32)19-10-7-17(2)8-11-19/h7-13,20H,6,14-16H2,1-5H3,(H,27,34)/t20-/m0/s1. The number of hydrogen-bond acceptors (Lipinski definition) is 7. The summed E-state index contributed by atoms with van der Waals surface area (Å²) < 4.78 is 10.9. The van der Waals surface area contributed by atoms with E-state index in [2.05, 4.69) is 20.7 Å². The predicted molar refractivity (Wildman–Crippen MR) is 133 cm³/mol. The maximum Gasteiger partial charge on any atom is 0.247 e. The number of aromatic nitrogens is 4. The van der Waals surface area contributed by atoms with E-state index >= 15 is 0 Å². The Balaban J connectivity index is 1.57. The fourth-order valence-electron chi connectivity index (χ4n) is 3.95. The van der Waals surface area contributed by atoms with Gasteiger partial charge >= 0.3 is 0 Å². The first-order chi connectivity index (χ1) is 17.1. The summed E-state index contributed by atoms with van der Waals surface area (Å²) in [5.74, 6) is 1.20. The highest BCUT2D eigenvalue weighted by Gasteiger charge is 2.31. The second-order valence-electron chi connectivity index (χ2n) is 9.88. The molecule has 36 heavy (non-hydrogen) atoms. The largest absolute Gasteiger partial charge is 0.454 e. The molecule has 0 aliphatic carbocycles. The van der Waals surface area contributed by atoms with Crippen molar-refractivity contribution in [3.8, 4) is 22.9 Å². The molecule has 0 bridgehead atoms. The highest BCUT2D eigenvalue weighted by molar-refractivity contribution is 5.88. The van der Waals surface area contributed by atoms with E-state index in [-0.39, 0.29) is 31.7 Å². The molecule has 190 valence electrons. The molecule has 1 atom stereocenters. The van der Waals surface area contributed by atoms with Crippen LogP contribution in [-0.2, 0) is 22.7 Å². The molecule has 0 spiro atoms. The molecule has 2 amide bonds. The van der Waals surface area contributed by atoms with Gasteiger partial charge in [-0.2, -0.15) is 4.80 Å². The third-order valence-electron chi connectivity index (χ3n) is 5.71. The lowest BCUT2D eigenvalue weighted by atomic mass is 10.1. The van der Waals surface area contributed by atoms with Crippen molar-refractivity contribution in [1.82, 2.24) is 30.4 Å². The first-order valence-electron chi connectivity index (χ1n) is 12.0. The number of aryl methyl sites for hydroxylation is 1. The summed E-state index contributed by atoms with van der Waals surface area (Å²) in [7, 11) is 0. The van der Waals surface area contributed by atoms with Crippen molar-refractivity contribution >= 4 is 11.8 Å². The summed E-state index contributed by atoms with van der Waals surface area (Å²) in [6, 6.07) is 12.6. The van der Waals surface area contributed by atoms with Gasteiger partial charge in [0.2, 0.25) is 24.4 Å². The van der Waals surface area contributed by atoms with Crippen molar-refractivity contribution in [2.24, 2.45) is 0 Å². The number of carbonyl (C=O) groups excluding carboxylic acids is 2. The van der Waals surface area contributed by atoms with Crippen LogP contribution in [0.1, 0.15) is 45.2 Å². The summed E-state index contributed by atoms with van der Waals surface area (Å²) in [6.45, 7) is 9.84. The van der Waals surface area contributed by atoms with Crippen LogP contribution < -0.4 is 14.8 Å². The number of carbonyl (C=O) groups is 2. The zero-order chi connectivity index (χ0) is 25.9. The summed E-state index contributed by atoms with van der Waals surface area (Å²) in [6.07, 6.45) is 0.442. The Bertz CT molecular complexity index is 1230. The van der Waals surface area contributed by atoms with Gasteiger partial charge in [-0.1, -0.05) is 42.8 Å². The van der Waals surface area contributed by atoms with Crippen molar-refractivity contribution in [2.45, 2.75) is 65.7 Å². The Kier molecular flexibility index (Phi) is 7.23. The monoisotopic (exact) mass is 492 g/mol. The van der Waals surface area contributed by atoms with Crippen molar-refractivity contribution in [3.63, 3.8) is 0 Å². The molecule has 1 N–H and O–H groups in total. The van der Waals surface area contributed by atoms with E-state index in [1.54, 1.807) is 4.90 Å². The minimum absolute atomic E-state index is 0.150. The van der Waals surface area contributed by atoms with Crippen molar-refractivity contribution < 1.29 is 19.1 Å². The fraction of sp³-hybridized carbons (Fsp3) is 0.423. The number of rotatable bonds is 8. The maximum atomic E-state index is 13.6.